The van der Waals surface area contributed by atoms with E-state index < -0.39 is 0 Å². The van der Waals surface area contributed by atoms with E-state index in [2.05, 4.69) is 39.4 Å². The van der Waals surface area contributed by atoms with Gasteiger partial charge in [0.1, 0.15) is 0 Å². The molecule has 7 heteroatoms. The van der Waals surface area contributed by atoms with Crippen molar-refractivity contribution in [2.45, 2.75) is 25.9 Å². The molecule has 0 radical (unpaired) electrons. The van der Waals surface area contributed by atoms with Gasteiger partial charge in [0, 0.05) is 50.3 Å². The van der Waals surface area contributed by atoms with Gasteiger partial charge in [0.2, 0.25) is 0 Å². The Hall–Kier alpha value is -2.28. The maximum absolute atomic E-state index is 13.3. The van der Waals surface area contributed by atoms with Crippen LogP contribution < -0.4 is 10.2 Å². The number of hydrogen-bond acceptors (Lipinski definition) is 4. The summed E-state index contributed by atoms with van der Waals surface area (Å²) in [6, 6.07) is 16.3. The fraction of sp³-hybridized carbons (Fsp3) is 0.458. The van der Waals surface area contributed by atoms with Crippen molar-refractivity contribution in [1.82, 2.24) is 9.80 Å². The molecule has 0 spiro atoms. The molecular weight excluding hydrogens is 412 g/mol. The highest BCUT2D eigenvalue weighted by atomic mass is 35.5. The fourth-order valence-corrected chi connectivity index (χ4v) is 4.67. The predicted octanol–water partition coefficient (Wildman–Crippen LogP) is 4.30. The molecule has 2 amide bonds. The van der Waals surface area contributed by atoms with E-state index in [1.54, 1.807) is 0 Å². The summed E-state index contributed by atoms with van der Waals surface area (Å²) < 4.78 is 5.47. The van der Waals surface area contributed by atoms with Gasteiger partial charge in [-0.25, -0.2) is 4.79 Å². The number of halogens is 1. The van der Waals surface area contributed by atoms with Gasteiger partial charge in [0.25, 0.3) is 0 Å². The molecule has 4 rings (SSSR count). The average molecular weight is 443 g/mol. The SMILES string of the molecule is CCN(C(=O)Nc1cc(Cl)ccc1N1CCOCC1)[C@H]1CCN(Cc2ccccc2)C1. The standard InChI is InChI=1S/C24H31ClN4O2/c1-2-29(21-10-11-27(18-21)17-19-6-4-3-5-7-19)24(30)26-22-16-20(25)8-9-23(22)28-12-14-31-15-13-28/h3-9,16,21H,2,10-15,17-18H2,1H3,(H,26,30)/t21-/m0/s1. The van der Waals surface area contributed by atoms with E-state index >= 15 is 0 Å². The normalized spacial score (nSPS) is 19.4. The minimum absolute atomic E-state index is 0.0640. The molecule has 0 aliphatic carbocycles. The monoisotopic (exact) mass is 442 g/mol. The van der Waals surface area contributed by atoms with Gasteiger partial charge in [-0.15, -0.1) is 0 Å². The van der Waals surface area contributed by atoms with Gasteiger partial charge in [0.05, 0.1) is 24.6 Å². The van der Waals surface area contributed by atoms with Crippen LogP contribution in [0, 0.1) is 0 Å². The summed E-state index contributed by atoms with van der Waals surface area (Å²) in [4.78, 5) is 19.9. The zero-order valence-electron chi connectivity index (χ0n) is 18.1. The smallest absolute Gasteiger partial charge is 0.322 e. The lowest BCUT2D eigenvalue weighted by molar-refractivity contribution is 0.123. The molecule has 2 aromatic carbocycles. The number of morpholine rings is 1. The van der Waals surface area contributed by atoms with Gasteiger partial charge in [0.15, 0.2) is 0 Å². The van der Waals surface area contributed by atoms with Crippen molar-refractivity contribution >= 4 is 29.0 Å². The zero-order valence-corrected chi connectivity index (χ0v) is 18.9. The minimum atomic E-state index is -0.0640. The molecule has 2 aliphatic rings. The van der Waals surface area contributed by atoms with Gasteiger partial charge >= 0.3 is 6.03 Å². The lowest BCUT2D eigenvalue weighted by Crippen LogP contribution is -2.44. The molecule has 31 heavy (non-hydrogen) atoms. The van der Waals surface area contributed by atoms with Gasteiger partial charge in [-0.1, -0.05) is 41.9 Å². The highest BCUT2D eigenvalue weighted by molar-refractivity contribution is 6.31. The quantitative estimate of drug-likeness (QED) is 0.724. The van der Waals surface area contributed by atoms with Crippen LogP contribution in [-0.4, -0.2) is 67.8 Å². The Kier molecular flexibility index (Phi) is 7.33. The number of nitrogens with one attached hydrogen (secondary N) is 1. The third-order valence-electron chi connectivity index (χ3n) is 6.09. The van der Waals surface area contributed by atoms with Gasteiger partial charge in [-0.2, -0.15) is 0 Å². The Morgan fingerprint density at radius 1 is 1.16 bits per heavy atom. The second kappa shape index (κ2) is 10.4. The number of nitrogens with zero attached hydrogens (tertiary/aromatic N) is 3. The van der Waals surface area contributed by atoms with Crippen LogP contribution in [0.2, 0.25) is 5.02 Å². The Morgan fingerprint density at radius 3 is 2.68 bits per heavy atom. The lowest BCUT2D eigenvalue weighted by atomic mass is 10.2. The summed E-state index contributed by atoms with van der Waals surface area (Å²) in [5.74, 6) is 0. The van der Waals surface area contributed by atoms with E-state index in [4.69, 9.17) is 16.3 Å². The molecule has 0 bridgehead atoms. The second-order valence-corrected chi connectivity index (χ2v) is 8.58. The van der Waals surface area contributed by atoms with Crippen molar-refractivity contribution in [3.8, 4) is 0 Å². The first-order valence-electron chi connectivity index (χ1n) is 11.1. The third-order valence-corrected chi connectivity index (χ3v) is 6.33. The van der Waals surface area contributed by atoms with Crippen LogP contribution in [0.1, 0.15) is 18.9 Å². The van der Waals surface area contributed by atoms with E-state index in [0.29, 0.717) is 24.8 Å². The first-order chi connectivity index (χ1) is 15.1. The van der Waals surface area contributed by atoms with Gasteiger partial charge in [-0.05, 0) is 37.1 Å². The fourth-order valence-electron chi connectivity index (χ4n) is 4.49. The second-order valence-electron chi connectivity index (χ2n) is 8.14. The molecule has 2 aliphatic heterocycles. The molecule has 166 valence electrons. The molecule has 0 aromatic heterocycles. The molecule has 1 N–H and O–H groups in total. The van der Waals surface area contributed by atoms with E-state index in [9.17, 15) is 4.79 Å². The maximum Gasteiger partial charge on any atom is 0.322 e. The average Bonchev–Trinajstić information content (AvgIpc) is 3.23. The molecule has 1 atom stereocenters. The van der Waals surface area contributed by atoms with Crippen LogP contribution in [0.3, 0.4) is 0 Å². The number of likely N-dealkylation sites (tertiary alicyclic amines) is 1. The van der Waals surface area contributed by atoms with E-state index in [-0.39, 0.29) is 12.1 Å². The highest BCUT2D eigenvalue weighted by Gasteiger charge is 2.30. The first kappa shape index (κ1) is 21.9. The summed E-state index contributed by atoms with van der Waals surface area (Å²) in [7, 11) is 0. The summed E-state index contributed by atoms with van der Waals surface area (Å²) in [5, 5.41) is 3.76. The number of urea groups is 1. The summed E-state index contributed by atoms with van der Waals surface area (Å²) in [5.41, 5.74) is 3.07. The predicted molar refractivity (Wildman–Crippen MR) is 126 cm³/mol. The van der Waals surface area contributed by atoms with Crippen LogP contribution in [0.5, 0.6) is 0 Å². The van der Waals surface area contributed by atoms with Crippen molar-refractivity contribution in [2.75, 3.05) is 56.2 Å². The number of benzene rings is 2. The van der Waals surface area contributed by atoms with Gasteiger partial charge in [-0.3, -0.25) is 4.90 Å². The molecule has 6 nitrogen and oxygen atoms in total. The summed E-state index contributed by atoms with van der Waals surface area (Å²) in [6.45, 7) is 8.52. The molecular formula is C24H31ClN4O2. The third kappa shape index (κ3) is 5.50. The molecule has 2 fully saturated rings. The molecule has 2 aromatic rings. The van der Waals surface area contributed by atoms with E-state index in [1.807, 2.05) is 36.1 Å². The van der Waals surface area contributed by atoms with Crippen LogP contribution in [-0.2, 0) is 11.3 Å². The minimum Gasteiger partial charge on any atom is -0.378 e. The molecule has 2 saturated heterocycles. The number of carbonyl (C=O) groups is 1. The first-order valence-corrected chi connectivity index (χ1v) is 11.5. The maximum atomic E-state index is 13.3. The summed E-state index contributed by atoms with van der Waals surface area (Å²) in [6.07, 6.45) is 0.986. The topological polar surface area (TPSA) is 48.1 Å². The number of likely N-dealkylation sites (N-methyl/N-ethyl adjacent to an activating group) is 1. The highest BCUT2D eigenvalue weighted by Crippen LogP contribution is 2.30. The van der Waals surface area contributed by atoms with Crippen molar-refractivity contribution < 1.29 is 9.53 Å². The number of amides is 2. The Bertz CT molecular complexity index is 873. The van der Waals surface area contributed by atoms with Crippen LogP contribution >= 0.6 is 11.6 Å². The number of anilines is 2. The Morgan fingerprint density at radius 2 is 1.94 bits per heavy atom. The van der Waals surface area contributed by atoms with E-state index in [1.165, 1.54) is 5.56 Å². The van der Waals surface area contributed by atoms with Crippen molar-refractivity contribution in [3.05, 3.63) is 59.1 Å². The van der Waals surface area contributed by atoms with Crippen LogP contribution in [0.25, 0.3) is 0 Å². The number of rotatable bonds is 6. The van der Waals surface area contributed by atoms with Crippen molar-refractivity contribution in [3.63, 3.8) is 0 Å². The number of ether oxygens (including phenoxy) is 1. The van der Waals surface area contributed by atoms with Crippen molar-refractivity contribution in [1.29, 1.82) is 0 Å². The number of carbonyl (C=O) groups excluding carboxylic acids is 1. The van der Waals surface area contributed by atoms with E-state index in [0.717, 1.165) is 50.5 Å². The Balaban J connectivity index is 1.42. The lowest BCUT2D eigenvalue weighted by Gasteiger charge is -2.32. The summed E-state index contributed by atoms with van der Waals surface area (Å²) >= 11 is 6.26. The van der Waals surface area contributed by atoms with Crippen LogP contribution in [0.15, 0.2) is 48.5 Å². The zero-order chi connectivity index (χ0) is 21.6. The largest absolute Gasteiger partial charge is 0.378 e. The van der Waals surface area contributed by atoms with Gasteiger partial charge < -0.3 is 19.9 Å². The number of hydrogen-bond donors (Lipinski definition) is 1. The van der Waals surface area contributed by atoms with Crippen LogP contribution in [0.4, 0.5) is 16.2 Å². The molecule has 2 heterocycles. The molecule has 0 saturated carbocycles. The van der Waals surface area contributed by atoms with Crippen molar-refractivity contribution in [2.24, 2.45) is 0 Å². The Labute approximate surface area is 189 Å². The molecule has 0 unspecified atom stereocenters.